The maximum absolute atomic E-state index is 13.2. The summed E-state index contributed by atoms with van der Waals surface area (Å²) < 4.78 is 13.2. The fraction of sp³-hybridized carbons (Fsp3) is 0.308. The van der Waals surface area contributed by atoms with Crippen LogP contribution in [0.4, 0.5) is 4.39 Å². The summed E-state index contributed by atoms with van der Waals surface area (Å²) in [7, 11) is 0. The second kappa shape index (κ2) is 7.50. The lowest BCUT2D eigenvalue weighted by molar-refractivity contribution is -0.140. The molecule has 0 radical (unpaired) electrons. The van der Waals surface area contributed by atoms with Gasteiger partial charge in [-0.3, -0.25) is 4.79 Å². The molecule has 106 valence electrons. The molecule has 0 spiro atoms. The van der Waals surface area contributed by atoms with Gasteiger partial charge in [-0.1, -0.05) is 0 Å². The van der Waals surface area contributed by atoms with Gasteiger partial charge in [-0.2, -0.15) is 17.0 Å². The lowest BCUT2D eigenvalue weighted by Crippen LogP contribution is -2.41. The molecule has 2 N–H and O–H groups in total. The van der Waals surface area contributed by atoms with Crippen molar-refractivity contribution in [2.45, 2.75) is 18.7 Å². The molecule has 1 rings (SSSR count). The van der Waals surface area contributed by atoms with E-state index in [2.05, 4.69) is 5.32 Å². The Balaban J connectivity index is 2.59. The number of hydrogen-bond acceptors (Lipinski definition) is 4. The van der Waals surface area contributed by atoms with Gasteiger partial charge in [0.25, 0.3) is 0 Å². The Labute approximate surface area is 119 Å². The Morgan fingerprint density at radius 3 is 2.75 bits per heavy atom. The van der Waals surface area contributed by atoms with Crippen LogP contribution in [0.5, 0.6) is 0 Å². The first-order valence-electron chi connectivity index (χ1n) is 5.69. The Morgan fingerprint density at radius 1 is 1.50 bits per heavy atom. The molecule has 0 aliphatic carbocycles. The van der Waals surface area contributed by atoms with E-state index in [1.807, 2.05) is 6.07 Å². The van der Waals surface area contributed by atoms with E-state index < -0.39 is 23.7 Å². The van der Waals surface area contributed by atoms with Crippen molar-refractivity contribution in [3.8, 4) is 6.07 Å². The minimum Gasteiger partial charge on any atom is -0.480 e. The van der Waals surface area contributed by atoms with Crippen molar-refractivity contribution in [1.29, 1.82) is 5.26 Å². The van der Waals surface area contributed by atoms with Crippen LogP contribution in [0.15, 0.2) is 18.2 Å². The molecule has 0 heterocycles. The zero-order valence-electron chi connectivity index (χ0n) is 10.7. The van der Waals surface area contributed by atoms with Crippen molar-refractivity contribution in [1.82, 2.24) is 5.32 Å². The number of halogens is 1. The van der Waals surface area contributed by atoms with E-state index in [0.29, 0.717) is 11.3 Å². The lowest BCUT2D eigenvalue weighted by Gasteiger charge is -2.12. The van der Waals surface area contributed by atoms with Crippen LogP contribution < -0.4 is 5.32 Å². The molecule has 0 saturated heterocycles. The average Bonchev–Trinajstić information content (AvgIpc) is 2.36. The molecule has 0 aromatic heterocycles. The minimum absolute atomic E-state index is 0.160. The second-order valence-electron chi connectivity index (χ2n) is 4.07. The molecular weight excluding hydrogens is 283 g/mol. The third-order valence-electron chi connectivity index (χ3n) is 2.32. The van der Waals surface area contributed by atoms with Crippen LogP contribution in [0.25, 0.3) is 0 Å². The summed E-state index contributed by atoms with van der Waals surface area (Å²) >= 11 is 1.24. The molecule has 7 heteroatoms. The van der Waals surface area contributed by atoms with E-state index >= 15 is 0 Å². The normalized spacial score (nSPS) is 11.4. The number of nitrogens with zero attached hydrogens (tertiary/aromatic N) is 1. The van der Waals surface area contributed by atoms with Gasteiger partial charge in [0.1, 0.15) is 11.9 Å². The molecule has 0 unspecified atom stereocenters. The molecule has 1 amide bonds. The number of hydrogen-bond donors (Lipinski definition) is 2. The van der Waals surface area contributed by atoms with E-state index in [1.54, 1.807) is 6.07 Å². The maximum Gasteiger partial charge on any atom is 0.327 e. The summed E-state index contributed by atoms with van der Waals surface area (Å²) in [4.78, 5) is 21.8. The summed E-state index contributed by atoms with van der Waals surface area (Å²) in [6, 6.07) is 4.84. The predicted octanol–water partition coefficient (Wildman–Crippen LogP) is 1.52. The Kier molecular flexibility index (Phi) is 6.00. The number of carboxylic acids is 1. The monoisotopic (exact) mass is 296 g/mol. The first-order valence-corrected chi connectivity index (χ1v) is 6.85. The van der Waals surface area contributed by atoms with Gasteiger partial charge in [0.15, 0.2) is 0 Å². The molecule has 20 heavy (non-hydrogen) atoms. The smallest absolute Gasteiger partial charge is 0.327 e. The van der Waals surface area contributed by atoms with Gasteiger partial charge >= 0.3 is 5.97 Å². The zero-order chi connectivity index (χ0) is 15.1. The molecule has 1 aromatic rings. The fourth-order valence-corrected chi connectivity index (χ4v) is 2.49. The third kappa shape index (κ3) is 5.28. The zero-order valence-corrected chi connectivity index (χ0v) is 11.5. The average molecular weight is 296 g/mol. The number of nitrogens with one attached hydrogen (secondary N) is 1. The number of carbonyl (C=O) groups is 2. The van der Waals surface area contributed by atoms with Gasteiger partial charge < -0.3 is 10.4 Å². The standard InChI is InChI=1S/C13H13FN2O3S/c1-8(17)16-12(13(18)19)7-20-6-10-2-9(5-15)3-11(14)4-10/h2-4,12H,6-7H2,1H3,(H,16,17)(H,18,19)/t12-/m0/s1. The van der Waals surface area contributed by atoms with E-state index in [1.165, 1.54) is 24.8 Å². The van der Waals surface area contributed by atoms with Gasteiger partial charge in [-0.25, -0.2) is 9.18 Å². The van der Waals surface area contributed by atoms with Crippen LogP contribution in [-0.2, 0) is 15.3 Å². The maximum atomic E-state index is 13.2. The first-order chi connectivity index (χ1) is 9.42. The summed E-state index contributed by atoms with van der Waals surface area (Å²) in [5.74, 6) is -1.53. The number of rotatable bonds is 6. The van der Waals surface area contributed by atoms with E-state index in [9.17, 15) is 14.0 Å². The highest BCUT2D eigenvalue weighted by molar-refractivity contribution is 7.98. The second-order valence-corrected chi connectivity index (χ2v) is 5.10. The quantitative estimate of drug-likeness (QED) is 0.830. The first kappa shape index (κ1) is 16.0. The highest BCUT2D eigenvalue weighted by Crippen LogP contribution is 2.16. The fourth-order valence-electron chi connectivity index (χ4n) is 1.51. The summed E-state index contributed by atoms with van der Waals surface area (Å²) in [5.41, 5.74) is 0.816. The SMILES string of the molecule is CC(=O)N[C@@H](CSCc1cc(F)cc(C#N)c1)C(=O)O. The Hall–Kier alpha value is -2.07. The Bertz CT molecular complexity index is 557. The Morgan fingerprint density at radius 2 is 2.20 bits per heavy atom. The number of amides is 1. The van der Waals surface area contributed by atoms with Gasteiger partial charge in [-0.05, 0) is 23.8 Å². The lowest BCUT2D eigenvalue weighted by atomic mass is 10.1. The van der Waals surface area contributed by atoms with Gasteiger partial charge in [0.05, 0.1) is 11.6 Å². The molecule has 0 fully saturated rings. The molecule has 5 nitrogen and oxygen atoms in total. The van der Waals surface area contributed by atoms with Crippen LogP contribution in [0, 0.1) is 17.1 Å². The van der Waals surface area contributed by atoms with Crippen LogP contribution >= 0.6 is 11.8 Å². The molecule has 1 atom stereocenters. The van der Waals surface area contributed by atoms with E-state index in [4.69, 9.17) is 10.4 Å². The molecule has 0 bridgehead atoms. The number of carbonyl (C=O) groups excluding carboxylic acids is 1. The minimum atomic E-state index is -1.12. The number of nitriles is 1. The molecule has 0 aliphatic heterocycles. The molecular formula is C13H13FN2O3S. The number of thioether (sulfide) groups is 1. The van der Waals surface area contributed by atoms with Crippen LogP contribution in [0.1, 0.15) is 18.1 Å². The van der Waals surface area contributed by atoms with Gasteiger partial charge in [-0.15, -0.1) is 0 Å². The highest BCUT2D eigenvalue weighted by atomic mass is 32.2. The van der Waals surface area contributed by atoms with Crippen molar-refractivity contribution in [2.75, 3.05) is 5.75 Å². The van der Waals surface area contributed by atoms with E-state index in [-0.39, 0.29) is 11.3 Å². The number of carboxylic acid groups (broad SMARTS) is 1. The van der Waals surface area contributed by atoms with Crippen molar-refractivity contribution >= 4 is 23.6 Å². The largest absolute Gasteiger partial charge is 0.480 e. The molecule has 0 aliphatic rings. The van der Waals surface area contributed by atoms with Gasteiger partial charge in [0, 0.05) is 18.4 Å². The van der Waals surface area contributed by atoms with Gasteiger partial charge in [0.2, 0.25) is 5.91 Å². The van der Waals surface area contributed by atoms with Crippen molar-refractivity contribution in [3.63, 3.8) is 0 Å². The number of benzene rings is 1. The number of aliphatic carboxylic acids is 1. The van der Waals surface area contributed by atoms with Crippen LogP contribution in [0.3, 0.4) is 0 Å². The van der Waals surface area contributed by atoms with Crippen LogP contribution in [-0.4, -0.2) is 28.8 Å². The van der Waals surface area contributed by atoms with Crippen molar-refractivity contribution in [2.24, 2.45) is 0 Å². The summed E-state index contributed by atoms with van der Waals surface area (Å²) in [5, 5.41) is 20.0. The van der Waals surface area contributed by atoms with Crippen LogP contribution in [0.2, 0.25) is 0 Å². The van der Waals surface area contributed by atoms with Crippen molar-refractivity contribution in [3.05, 3.63) is 35.1 Å². The predicted molar refractivity (Wildman–Crippen MR) is 72.5 cm³/mol. The van der Waals surface area contributed by atoms with E-state index in [0.717, 1.165) is 6.07 Å². The third-order valence-corrected chi connectivity index (χ3v) is 3.42. The topological polar surface area (TPSA) is 90.2 Å². The summed E-state index contributed by atoms with van der Waals surface area (Å²) in [6.07, 6.45) is 0. The molecule has 1 aromatic carbocycles. The summed E-state index contributed by atoms with van der Waals surface area (Å²) in [6.45, 7) is 1.24. The highest BCUT2D eigenvalue weighted by Gasteiger charge is 2.18. The van der Waals surface area contributed by atoms with Crippen molar-refractivity contribution < 1.29 is 19.1 Å². The molecule has 0 saturated carbocycles.